The van der Waals surface area contributed by atoms with Gasteiger partial charge in [0, 0.05) is 0 Å². The second-order valence-electron chi connectivity index (χ2n) is 3.35. The Balaban J connectivity index is 0.000000165. The van der Waals surface area contributed by atoms with E-state index in [2.05, 4.69) is 19.1 Å². The molecule has 2 nitrogen and oxygen atoms in total. The third kappa shape index (κ3) is 4.51. The lowest BCUT2D eigenvalue weighted by atomic mass is 10.2. The first-order chi connectivity index (χ1) is 7.72. The molecule has 84 valence electrons. The molecule has 0 amide bonds. The minimum atomic E-state index is 0.260. The molecule has 0 aromatic heterocycles. The topological polar surface area (TPSA) is 29.5 Å². The van der Waals surface area contributed by atoms with Crippen LogP contribution in [0.2, 0.25) is 0 Å². The van der Waals surface area contributed by atoms with E-state index in [1.54, 1.807) is 31.4 Å². The first kappa shape index (κ1) is 12.1. The summed E-state index contributed by atoms with van der Waals surface area (Å²) in [7, 11) is 1.59. The van der Waals surface area contributed by atoms with Gasteiger partial charge in [-0.25, -0.2) is 0 Å². The molecule has 2 heteroatoms. The summed E-state index contributed by atoms with van der Waals surface area (Å²) in [5, 5.41) is 8.80. The van der Waals surface area contributed by atoms with E-state index >= 15 is 0 Å². The van der Waals surface area contributed by atoms with Crippen LogP contribution in [-0.2, 0) is 0 Å². The van der Waals surface area contributed by atoms with Crippen molar-refractivity contribution in [3.8, 4) is 11.5 Å². The minimum Gasteiger partial charge on any atom is -0.508 e. The van der Waals surface area contributed by atoms with Gasteiger partial charge < -0.3 is 9.84 Å². The van der Waals surface area contributed by atoms with Crippen LogP contribution in [-0.4, -0.2) is 12.2 Å². The average Bonchev–Trinajstić information content (AvgIpc) is 2.32. The highest BCUT2D eigenvalue weighted by molar-refractivity contribution is 5.29. The van der Waals surface area contributed by atoms with E-state index in [0.717, 1.165) is 5.75 Å². The van der Waals surface area contributed by atoms with Gasteiger partial charge in [0.2, 0.25) is 0 Å². The van der Waals surface area contributed by atoms with E-state index in [1.165, 1.54) is 5.56 Å². The van der Waals surface area contributed by atoms with Gasteiger partial charge in [0.15, 0.2) is 0 Å². The van der Waals surface area contributed by atoms with Crippen LogP contribution in [0.1, 0.15) is 5.56 Å². The van der Waals surface area contributed by atoms with Crippen molar-refractivity contribution < 1.29 is 9.84 Å². The molecule has 0 radical (unpaired) electrons. The highest BCUT2D eigenvalue weighted by Crippen LogP contribution is 2.14. The van der Waals surface area contributed by atoms with Gasteiger partial charge in [-0.2, -0.15) is 0 Å². The summed E-state index contributed by atoms with van der Waals surface area (Å²) in [6.45, 7) is 2.08. The van der Waals surface area contributed by atoms with Crippen LogP contribution in [0.3, 0.4) is 0 Å². The molecule has 2 aromatic rings. The first-order valence-electron chi connectivity index (χ1n) is 5.07. The monoisotopic (exact) mass is 216 g/mol. The third-order valence-electron chi connectivity index (χ3n) is 2.01. The summed E-state index contributed by atoms with van der Waals surface area (Å²) >= 11 is 0. The summed E-state index contributed by atoms with van der Waals surface area (Å²) in [4.78, 5) is 0. The number of rotatable bonds is 1. The van der Waals surface area contributed by atoms with Crippen molar-refractivity contribution in [2.24, 2.45) is 0 Å². The smallest absolute Gasteiger partial charge is 0.119 e. The van der Waals surface area contributed by atoms with Crippen LogP contribution in [0.15, 0.2) is 54.6 Å². The molecule has 0 saturated carbocycles. The largest absolute Gasteiger partial charge is 0.508 e. The molecule has 0 aliphatic carbocycles. The number of aromatic hydroxyl groups is 1. The van der Waals surface area contributed by atoms with E-state index in [9.17, 15) is 0 Å². The van der Waals surface area contributed by atoms with Crippen molar-refractivity contribution in [2.45, 2.75) is 6.92 Å². The lowest BCUT2D eigenvalue weighted by molar-refractivity contribution is 0.412. The zero-order valence-electron chi connectivity index (χ0n) is 9.55. The van der Waals surface area contributed by atoms with E-state index < -0.39 is 0 Å². The van der Waals surface area contributed by atoms with Gasteiger partial charge in [0.05, 0.1) is 7.11 Å². The Hall–Kier alpha value is -1.96. The van der Waals surface area contributed by atoms with Crippen molar-refractivity contribution in [2.75, 3.05) is 7.11 Å². The molecule has 0 aliphatic rings. The van der Waals surface area contributed by atoms with Crippen molar-refractivity contribution in [1.29, 1.82) is 0 Å². The maximum atomic E-state index is 8.80. The normalized spacial score (nSPS) is 8.88. The predicted molar refractivity (Wildman–Crippen MR) is 65.8 cm³/mol. The number of hydrogen-bond acceptors (Lipinski definition) is 2. The molecule has 0 aliphatic heterocycles. The average molecular weight is 216 g/mol. The molecule has 0 fully saturated rings. The summed E-state index contributed by atoms with van der Waals surface area (Å²) in [5.74, 6) is 1.02. The molecule has 0 atom stereocenters. The summed E-state index contributed by atoms with van der Waals surface area (Å²) < 4.78 is 4.86. The van der Waals surface area contributed by atoms with E-state index in [4.69, 9.17) is 9.84 Å². The van der Waals surface area contributed by atoms with E-state index in [0.29, 0.717) is 0 Å². The van der Waals surface area contributed by atoms with Crippen LogP contribution in [0, 0.1) is 6.92 Å². The molecule has 0 spiro atoms. The molecule has 16 heavy (non-hydrogen) atoms. The zero-order valence-corrected chi connectivity index (χ0v) is 9.55. The van der Waals surface area contributed by atoms with Crippen LogP contribution >= 0.6 is 0 Å². The molecule has 2 aromatic carbocycles. The van der Waals surface area contributed by atoms with Crippen LogP contribution in [0.25, 0.3) is 0 Å². The summed E-state index contributed by atoms with van der Waals surface area (Å²) in [6.07, 6.45) is 0. The summed E-state index contributed by atoms with van der Waals surface area (Å²) in [6, 6.07) is 16.8. The lowest BCUT2D eigenvalue weighted by Crippen LogP contribution is -1.79. The molecule has 1 N–H and O–H groups in total. The van der Waals surface area contributed by atoms with Gasteiger partial charge in [-0.15, -0.1) is 0 Å². The number of phenolic OH excluding ortho intramolecular Hbond substituents is 1. The third-order valence-corrected chi connectivity index (χ3v) is 2.01. The van der Waals surface area contributed by atoms with Gasteiger partial charge in [-0.1, -0.05) is 35.9 Å². The van der Waals surface area contributed by atoms with Crippen LogP contribution in [0.4, 0.5) is 0 Å². The molecule has 2 rings (SSSR count). The number of aryl methyl sites for hydroxylation is 1. The number of benzene rings is 2. The van der Waals surface area contributed by atoms with Crippen molar-refractivity contribution in [1.82, 2.24) is 0 Å². The van der Waals surface area contributed by atoms with Gasteiger partial charge >= 0.3 is 0 Å². The fourth-order valence-electron chi connectivity index (χ4n) is 1.12. The molecule has 0 heterocycles. The van der Waals surface area contributed by atoms with Crippen molar-refractivity contribution >= 4 is 0 Å². The Bertz CT molecular complexity index is 393. The minimum absolute atomic E-state index is 0.260. The van der Waals surface area contributed by atoms with Crippen LogP contribution < -0.4 is 4.74 Å². The Morgan fingerprint density at radius 3 is 1.81 bits per heavy atom. The number of hydrogen-bond donors (Lipinski definition) is 1. The fraction of sp³-hybridized carbons (Fsp3) is 0.143. The fourth-order valence-corrected chi connectivity index (χ4v) is 1.12. The van der Waals surface area contributed by atoms with Gasteiger partial charge in [0.25, 0.3) is 0 Å². The Morgan fingerprint density at radius 1 is 0.875 bits per heavy atom. The Morgan fingerprint density at radius 2 is 1.44 bits per heavy atom. The SMILES string of the molecule is COc1ccc(O)cc1.Cc1ccccc1. The standard InChI is InChI=1S/C7H8O2.C7H8/c1-9-7-4-2-6(8)3-5-7;1-7-5-3-2-4-6-7/h2-5,8H,1H3;2-6H,1H3. The highest BCUT2D eigenvalue weighted by Gasteiger charge is 1.87. The lowest BCUT2D eigenvalue weighted by Gasteiger charge is -1.96. The van der Waals surface area contributed by atoms with E-state index in [1.807, 2.05) is 18.2 Å². The Kier molecular flexibility index (Phi) is 4.93. The maximum absolute atomic E-state index is 8.80. The van der Waals surface area contributed by atoms with Crippen molar-refractivity contribution in [3.05, 3.63) is 60.2 Å². The number of methoxy groups -OCH3 is 1. The summed E-state index contributed by atoms with van der Waals surface area (Å²) in [5.41, 5.74) is 1.32. The van der Waals surface area contributed by atoms with Gasteiger partial charge in [-0.3, -0.25) is 0 Å². The predicted octanol–water partition coefficient (Wildman–Crippen LogP) is 3.40. The van der Waals surface area contributed by atoms with Crippen molar-refractivity contribution in [3.63, 3.8) is 0 Å². The molecule has 0 saturated heterocycles. The number of ether oxygens (including phenoxy) is 1. The second-order valence-corrected chi connectivity index (χ2v) is 3.35. The van der Waals surface area contributed by atoms with Gasteiger partial charge in [0.1, 0.15) is 11.5 Å². The van der Waals surface area contributed by atoms with E-state index in [-0.39, 0.29) is 5.75 Å². The zero-order chi connectivity index (χ0) is 11.8. The number of phenols is 1. The maximum Gasteiger partial charge on any atom is 0.119 e. The second kappa shape index (κ2) is 6.51. The first-order valence-corrected chi connectivity index (χ1v) is 5.07. The van der Waals surface area contributed by atoms with Gasteiger partial charge in [-0.05, 0) is 31.2 Å². The molecule has 0 bridgehead atoms. The molecular formula is C14H16O2. The quantitative estimate of drug-likeness (QED) is 0.791. The highest BCUT2D eigenvalue weighted by atomic mass is 16.5. The molecule has 0 unspecified atom stereocenters. The Labute approximate surface area is 96.1 Å². The molecular weight excluding hydrogens is 200 g/mol. The van der Waals surface area contributed by atoms with Crippen LogP contribution in [0.5, 0.6) is 11.5 Å².